The highest BCUT2D eigenvalue weighted by atomic mass is 16.5. The van der Waals surface area contributed by atoms with Crippen molar-refractivity contribution in [1.82, 2.24) is 14.8 Å². The first-order valence-electron chi connectivity index (χ1n) is 8.04. The van der Waals surface area contributed by atoms with Gasteiger partial charge in [-0.15, -0.1) is 0 Å². The van der Waals surface area contributed by atoms with Crippen molar-refractivity contribution in [1.29, 1.82) is 0 Å². The third-order valence-corrected chi connectivity index (χ3v) is 4.44. The van der Waals surface area contributed by atoms with E-state index in [1.54, 1.807) is 23.4 Å². The molecule has 7 nitrogen and oxygen atoms in total. The predicted octanol–water partition coefficient (Wildman–Crippen LogP) is 0.698. The molecule has 0 bridgehead atoms. The number of carbonyl (C=O) groups excluding carboxylic acids is 2. The van der Waals surface area contributed by atoms with Crippen LogP contribution in [-0.2, 0) is 14.3 Å². The van der Waals surface area contributed by atoms with Crippen LogP contribution in [0.25, 0.3) is 0 Å². The average molecular weight is 331 g/mol. The third-order valence-electron chi connectivity index (χ3n) is 4.44. The maximum Gasteiger partial charge on any atom is 0.290 e. The Bertz CT molecular complexity index is 653. The molecule has 1 aromatic heterocycles. The summed E-state index contributed by atoms with van der Waals surface area (Å²) in [5, 5.41) is 10.2. The number of amides is 1. The smallest absolute Gasteiger partial charge is 0.290 e. The first-order chi connectivity index (χ1) is 11.6. The van der Waals surface area contributed by atoms with Gasteiger partial charge < -0.3 is 14.7 Å². The molecular weight excluding hydrogens is 310 g/mol. The molecule has 1 saturated heterocycles. The summed E-state index contributed by atoms with van der Waals surface area (Å²) in [7, 11) is 0. The van der Waals surface area contributed by atoms with Crippen LogP contribution in [0.3, 0.4) is 0 Å². The minimum absolute atomic E-state index is 0.148. The van der Waals surface area contributed by atoms with Gasteiger partial charge in [0.15, 0.2) is 11.5 Å². The van der Waals surface area contributed by atoms with E-state index in [0.29, 0.717) is 26.3 Å². The molecule has 0 radical (unpaired) electrons. The third kappa shape index (κ3) is 3.18. The number of aromatic nitrogens is 1. The van der Waals surface area contributed by atoms with Gasteiger partial charge in [-0.25, -0.2) is 0 Å². The SMILES string of the molecule is CC(=O)C1=C(O)C(=O)N(CCN2CCOCC2)[C@H]1c1cccnc1. The second-order valence-corrected chi connectivity index (χ2v) is 5.96. The molecule has 3 heterocycles. The summed E-state index contributed by atoms with van der Waals surface area (Å²) in [6.07, 6.45) is 3.26. The fraction of sp³-hybridized carbons (Fsp3) is 0.471. The number of rotatable bonds is 5. The summed E-state index contributed by atoms with van der Waals surface area (Å²) in [4.78, 5) is 32.3. The van der Waals surface area contributed by atoms with E-state index in [9.17, 15) is 14.7 Å². The molecule has 0 aromatic carbocycles. The zero-order valence-electron chi connectivity index (χ0n) is 13.6. The van der Waals surface area contributed by atoms with Crippen LogP contribution in [0.15, 0.2) is 35.9 Å². The Morgan fingerprint density at radius 1 is 1.38 bits per heavy atom. The summed E-state index contributed by atoms with van der Waals surface area (Å²) in [5.74, 6) is -1.25. The van der Waals surface area contributed by atoms with Crippen LogP contribution in [0.2, 0.25) is 0 Å². The van der Waals surface area contributed by atoms with Crippen LogP contribution in [0.1, 0.15) is 18.5 Å². The minimum atomic E-state index is -0.579. The van der Waals surface area contributed by atoms with E-state index >= 15 is 0 Å². The second-order valence-electron chi connectivity index (χ2n) is 5.96. The number of nitrogens with zero attached hydrogens (tertiary/aromatic N) is 3. The van der Waals surface area contributed by atoms with Gasteiger partial charge in [-0.2, -0.15) is 0 Å². The number of aliphatic hydroxyl groups is 1. The summed E-state index contributed by atoms with van der Waals surface area (Å²) in [6.45, 7) is 5.47. The van der Waals surface area contributed by atoms with Crippen molar-refractivity contribution >= 4 is 11.7 Å². The van der Waals surface area contributed by atoms with Crippen molar-refractivity contribution in [3.8, 4) is 0 Å². The van der Waals surface area contributed by atoms with E-state index in [1.807, 2.05) is 6.07 Å². The van der Waals surface area contributed by atoms with Gasteiger partial charge in [-0.3, -0.25) is 19.5 Å². The Hall–Kier alpha value is -2.25. The van der Waals surface area contributed by atoms with E-state index < -0.39 is 17.7 Å². The lowest BCUT2D eigenvalue weighted by atomic mass is 9.98. The standard InChI is InChI=1S/C17H21N3O4/c1-12(21)14-15(13-3-2-4-18-11-13)20(17(23)16(14)22)6-5-19-7-9-24-10-8-19/h2-4,11,15,22H,5-10H2,1H3/t15-/m0/s1. The van der Waals surface area contributed by atoms with Crippen molar-refractivity contribution in [3.63, 3.8) is 0 Å². The van der Waals surface area contributed by atoms with Gasteiger partial charge in [-0.1, -0.05) is 6.07 Å². The molecule has 0 aliphatic carbocycles. The van der Waals surface area contributed by atoms with E-state index in [-0.39, 0.29) is 11.4 Å². The predicted molar refractivity (Wildman–Crippen MR) is 86.3 cm³/mol. The van der Waals surface area contributed by atoms with Gasteiger partial charge in [0.05, 0.1) is 24.8 Å². The van der Waals surface area contributed by atoms with Crippen molar-refractivity contribution in [3.05, 3.63) is 41.4 Å². The first-order valence-corrected chi connectivity index (χ1v) is 8.04. The Morgan fingerprint density at radius 2 is 2.12 bits per heavy atom. The molecular formula is C17H21N3O4. The van der Waals surface area contributed by atoms with Gasteiger partial charge in [0.1, 0.15) is 0 Å². The highest BCUT2D eigenvalue weighted by Crippen LogP contribution is 2.37. The van der Waals surface area contributed by atoms with Gasteiger partial charge in [-0.05, 0) is 18.6 Å². The lowest BCUT2D eigenvalue weighted by Crippen LogP contribution is -2.43. The molecule has 0 spiro atoms. The Kier molecular flexibility index (Phi) is 4.92. The molecule has 0 unspecified atom stereocenters. The highest BCUT2D eigenvalue weighted by Gasteiger charge is 2.42. The molecule has 1 amide bonds. The van der Waals surface area contributed by atoms with Crippen LogP contribution in [0.4, 0.5) is 0 Å². The number of aliphatic hydroxyl groups excluding tert-OH is 1. The van der Waals surface area contributed by atoms with Crippen molar-refractivity contribution in [2.75, 3.05) is 39.4 Å². The summed E-state index contributed by atoms with van der Waals surface area (Å²) in [6, 6.07) is 2.99. The monoisotopic (exact) mass is 331 g/mol. The fourth-order valence-corrected chi connectivity index (χ4v) is 3.20. The number of ether oxygens (including phenoxy) is 1. The summed E-state index contributed by atoms with van der Waals surface area (Å²) in [5.41, 5.74) is 0.872. The van der Waals surface area contributed by atoms with Crippen LogP contribution >= 0.6 is 0 Å². The second kappa shape index (κ2) is 7.11. The van der Waals surface area contributed by atoms with Crippen LogP contribution in [0, 0.1) is 0 Å². The average Bonchev–Trinajstić information content (AvgIpc) is 2.86. The zero-order valence-corrected chi connectivity index (χ0v) is 13.6. The molecule has 3 rings (SSSR count). The van der Waals surface area contributed by atoms with Crippen molar-refractivity contribution in [2.24, 2.45) is 0 Å². The first kappa shape index (κ1) is 16.6. The Balaban J connectivity index is 1.83. The fourth-order valence-electron chi connectivity index (χ4n) is 3.20. The zero-order chi connectivity index (χ0) is 17.1. The lowest BCUT2D eigenvalue weighted by Gasteiger charge is -2.31. The quantitative estimate of drug-likeness (QED) is 0.855. The van der Waals surface area contributed by atoms with Crippen LogP contribution < -0.4 is 0 Å². The number of morpholine rings is 1. The summed E-state index contributed by atoms with van der Waals surface area (Å²) < 4.78 is 5.33. The molecule has 7 heteroatoms. The normalized spacial score (nSPS) is 22.3. The molecule has 128 valence electrons. The molecule has 1 atom stereocenters. The van der Waals surface area contributed by atoms with E-state index in [0.717, 1.165) is 18.7 Å². The lowest BCUT2D eigenvalue weighted by molar-refractivity contribution is -0.129. The van der Waals surface area contributed by atoms with Gasteiger partial charge >= 0.3 is 0 Å². The largest absolute Gasteiger partial charge is 0.503 e. The topological polar surface area (TPSA) is 83.0 Å². The maximum absolute atomic E-state index is 12.5. The number of ketones is 1. The molecule has 1 N–H and O–H groups in total. The number of hydrogen-bond acceptors (Lipinski definition) is 6. The van der Waals surface area contributed by atoms with E-state index in [2.05, 4.69) is 9.88 Å². The number of carbonyl (C=O) groups is 2. The van der Waals surface area contributed by atoms with Crippen LogP contribution in [0.5, 0.6) is 0 Å². The van der Waals surface area contributed by atoms with Crippen molar-refractivity contribution in [2.45, 2.75) is 13.0 Å². The molecule has 0 saturated carbocycles. The number of hydrogen-bond donors (Lipinski definition) is 1. The van der Waals surface area contributed by atoms with Crippen molar-refractivity contribution < 1.29 is 19.4 Å². The van der Waals surface area contributed by atoms with Crippen LogP contribution in [-0.4, -0.2) is 71.0 Å². The van der Waals surface area contributed by atoms with E-state index in [4.69, 9.17) is 4.74 Å². The Morgan fingerprint density at radius 3 is 2.75 bits per heavy atom. The number of pyridine rings is 1. The summed E-state index contributed by atoms with van der Waals surface area (Å²) >= 11 is 0. The highest BCUT2D eigenvalue weighted by molar-refractivity contribution is 6.08. The molecule has 2 aliphatic heterocycles. The van der Waals surface area contributed by atoms with Gasteiger partial charge in [0.2, 0.25) is 0 Å². The molecule has 2 aliphatic rings. The van der Waals surface area contributed by atoms with E-state index in [1.165, 1.54) is 6.92 Å². The van der Waals surface area contributed by atoms with Gasteiger partial charge in [0.25, 0.3) is 5.91 Å². The number of Topliss-reactive ketones (excluding diaryl/α,β-unsaturated/α-hetero) is 1. The minimum Gasteiger partial charge on any atom is -0.503 e. The molecule has 24 heavy (non-hydrogen) atoms. The molecule has 1 fully saturated rings. The van der Waals surface area contributed by atoms with Gasteiger partial charge in [0, 0.05) is 38.6 Å². The molecule has 1 aromatic rings. The Labute approximate surface area is 140 Å². The maximum atomic E-state index is 12.5.